The fourth-order valence-electron chi connectivity index (χ4n) is 4.15. The zero-order chi connectivity index (χ0) is 19.0. The average Bonchev–Trinajstić information content (AvgIpc) is 3.06. The third-order valence-corrected chi connectivity index (χ3v) is 5.86. The molecular formula is C21H28ClN5O. The van der Waals surface area contributed by atoms with Crippen molar-refractivity contribution in [3.05, 3.63) is 41.2 Å². The molecule has 150 valence electrons. The Morgan fingerprint density at radius 1 is 1.21 bits per heavy atom. The fraction of sp³-hybridized carbons (Fsp3) is 0.476. The molecule has 7 heteroatoms. The molecule has 6 nitrogen and oxygen atoms in total. The van der Waals surface area contributed by atoms with Gasteiger partial charge in [0.15, 0.2) is 5.65 Å². The summed E-state index contributed by atoms with van der Waals surface area (Å²) >= 11 is 0. The van der Waals surface area contributed by atoms with Gasteiger partial charge in [0.2, 0.25) is 5.91 Å². The molecule has 1 amide bonds. The number of halogens is 1. The first-order valence-electron chi connectivity index (χ1n) is 9.77. The smallest absolute Gasteiger partial charge is 0.222 e. The minimum Gasteiger partial charge on any atom is -0.343 e. The highest BCUT2D eigenvalue weighted by Gasteiger charge is 2.22. The van der Waals surface area contributed by atoms with E-state index in [9.17, 15) is 4.79 Å². The van der Waals surface area contributed by atoms with Crippen molar-refractivity contribution in [1.82, 2.24) is 24.8 Å². The molecule has 0 unspecified atom stereocenters. The van der Waals surface area contributed by atoms with E-state index in [1.54, 1.807) is 0 Å². The normalized spacial score (nSPS) is 15.2. The topological polar surface area (TPSA) is 62.5 Å². The maximum atomic E-state index is 12.7. The lowest BCUT2D eigenvalue weighted by atomic mass is 10.0. The van der Waals surface area contributed by atoms with Crippen LogP contribution in [0.3, 0.4) is 0 Å². The zero-order valence-corrected chi connectivity index (χ0v) is 17.6. The molecule has 0 radical (unpaired) electrons. The maximum Gasteiger partial charge on any atom is 0.222 e. The van der Waals surface area contributed by atoms with Gasteiger partial charge >= 0.3 is 0 Å². The minimum atomic E-state index is 0. The Kier molecular flexibility index (Phi) is 6.20. The van der Waals surface area contributed by atoms with Crippen LogP contribution in [0.5, 0.6) is 0 Å². The number of aromatic nitrogens is 3. The highest BCUT2D eigenvalue weighted by Crippen LogP contribution is 2.23. The van der Waals surface area contributed by atoms with Gasteiger partial charge in [-0.3, -0.25) is 4.79 Å². The molecule has 3 aromatic rings. The highest BCUT2D eigenvalue weighted by molar-refractivity contribution is 5.92. The first-order chi connectivity index (χ1) is 13.1. The molecule has 0 spiro atoms. The number of carbonyl (C=O) groups is 1. The predicted octanol–water partition coefficient (Wildman–Crippen LogP) is 3.06. The number of amides is 1. The van der Waals surface area contributed by atoms with Crippen LogP contribution in [0.25, 0.3) is 16.6 Å². The van der Waals surface area contributed by atoms with Crippen molar-refractivity contribution in [2.24, 2.45) is 0 Å². The Morgan fingerprint density at radius 3 is 2.64 bits per heavy atom. The van der Waals surface area contributed by atoms with E-state index in [1.807, 2.05) is 41.6 Å². The Labute approximate surface area is 171 Å². The second kappa shape index (κ2) is 8.45. The summed E-state index contributed by atoms with van der Waals surface area (Å²) in [4.78, 5) is 19.5. The van der Waals surface area contributed by atoms with Gasteiger partial charge in [-0.1, -0.05) is 12.1 Å². The van der Waals surface area contributed by atoms with Crippen molar-refractivity contribution in [3.8, 4) is 0 Å². The van der Waals surface area contributed by atoms with Crippen LogP contribution in [0, 0.1) is 13.8 Å². The van der Waals surface area contributed by atoms with E-state index < -0.39 is 0 Å². The molecular weight excluding hydrogens is 374 g/mol. The second-order valence-corrected chi connectivity index (χ2v) is 7.46. The van der Waals surface area contributed by atoms with Gasteiger partial charge in [-0.05, 0) is 57.9 Å². The van der Waals surface area contributed by atoms with Crippen molar-refractivity contribution in [3.63, 3.8) is 0 Å². The lowest BCUT2D eigenvalue weighted by Crippen LogP contribution is -2.44. The summed E-state index contributed by atoms with van der Waals surface area (Å²) in [6.45, 7) is 5.81. The number of nitrogens with zero attached hydrogens (tertiary/aromatic N) is 4. The summed E-state index contributed by atoms with van der Waals surface area (Å²) in [5.41, 5.74) is 5.05. The van der Waals surface area contributed by atoms with Gasteiger partial charge in [-0.15, -0.1) is 12.4 Å². The molecule has 4 rings (SSSR count). The summed E-state index contributed by atoms with van der Waals surface area (Å²) < 4.78 is 1.93. The van der Waals surface area contributed by atoms with Gasteiger partial charge in [-0.2, -0.15) is 5.10 Å². The van der Waals surface area contributed by atoms with Crippen molar-refractivity contribution in [1.29, 1.82) is 0 Å². The van der Waals surface area contributed by atoms with Crippen molar-refractivity contribution in [2.75, 3.05) is 20.1 Å². The van der Waals surface area contributed by atoms with Crippen LogP contribution in [0.1, 0.15) is 36.2 Å². The molecule has 0 atom stereocenters. The maximum absolute atomic E-state index is 12.7. The molecule has 0 bridgehead atoms. The molecule has 2 aromatic heterocycles. The number of nitrogens with one attached hydrogen (secondary N) is 1. The molecule has 28 heavy (non-hydrogen) atoms. The quantitative estimate of drug-likeness (QED) is 0.729. The SMILES string of the molecule is CNC1CCN(C(=O)CCc2c(C)nc3c4ccccc4nn3c2C)CC1.Cl. The van der Waals surface area contributed by atoms with Crippen LogP contribution in [0.2, 0.25) is 0 Å². The van der Waals surface area contributed by atoms with Gasteiger partial charge in [0.05, 0.1) is 5.52 Å². The Balaban J connectivity index is 0.00000225. The van der Waals surface area contributed by atoms with E-state index in [1.165, 1.54) is 0 Å². The first kappa shape index (κ1) is 20.6. The van der Waals surface area contributed by atoms with Crippen LogP contribution in [-0.2, 0) is 11.2 Å². The van der Waals surface area contributed by atoms with Crippen molar-refractivity contribution < 1.29 is 4.79 Å². The summed E-state index contributed by atoms with van der Waals surface area (Å²) in [6, 6.07) is 8.62. The van der Waals surface area contributed by atoms with E-state index in [2.05, 4.69) is 18.3 Å². The lowest BCUT2D eigenvalue weighted by molar-refractivity contribution is -0.132. The third kappa shape index (κ3) is 3.71. The molecule has 1 aromatic carbocycles. The third-order valence-electron chi connectivity index (χ3n) is 5.86. The van der Waals surface area contributed by atoms with Gasteiger partial charge in [-0.25, -0.2) is 9.50 Å². The molecule has 0 aliphatic carbocycles. The Bertz CT molecular complexity index is 991. The number of fused-ring (bicyclic) bond motifs is 3. The highest BCUT2D eigenvalue weighted by atomic mass is 35.5. The van der Waals surface area contributed by atoms with Crippen LogP contribution < -0.4 is 5.32 Å². The van der Waals surface area contributed by atoms with E-state index in [0.29, 0.717) is 18.9 Å². The van der Waals surface area contributed by atoms with E-state index >= 15 is 0 Å². The molecule has 1 aliphatic heterocycles. The van der Waals surface area contributed by atoms with Gasteiger partial charge < -0.3 is 10.2 Å². The van der Waals surface area contributed by atoms with Crippen LogP contribution >= 0.6 is 12.4 Å². The van der Waals surface area contributed by atoms with Crippen molar-refractivity contribution >= 4 is 34.9 Å². The van der Waals surface area contributed by atoms with Crippen LogP contribution in [-0.4, -0.2) is 51.6 Å². The number of likely N-dealkylation sites (tertiary alicyclic amines) is 1. The zero-order valence-electron chi connectivity index (χ0n) is 16.7. The number of rotatable bonds is 4. The Hall–Kier alpha value is -2.18. The van der Waals surface area contributed by atoms with E-state index in [0.717, 1.165) is 59.4 Å². The largest absolute Gasteiger partial charge is 0.343 e. The van der Waals surface area contributed by atoms with Crippen LogP contribution in [0.15, 0.2) is 24.3 Å². The van der Waals surface area contributed by atoms with Gasteiger partial charge in [0.1, 0.15) is 0 Å². The van der Waals surface area contributed by atoms with Gasteiger partial charge in [0, 0.05) is 42.3 Å². The summed E-state index contributed by atoms with van der Waals surface area (Å²) in [5.74, 6) is 0.245. The second-order valence-electron chi connectivity index (χ2n) is 7.46. The minimum absolute atomic E-state index is 0. The molecule has 1 saturated heterocycles. The fourth-order valence-corrected chi connectivity index (χ4v) is 4.15. The monoisotopic (exact) mass is 401 g/mol. The van der Waals surface area contributed by atoms with Crippen molar-refractivity contribution in [2.45, 2.75) is 45.6 Å². The molecule has 1 N–H and O–H groups in total. The summed E-state index contributed by atoms with van der Waals surface area (Å²) in [5, 5.41) is 9.08. The Morgan fingerprint density at radius 2 is 1.93 bits per heavy atom. The molecule has 3 heterocycles. The van der Waals surface area contributed by atoms with E-state index in [-0.39, 0.29) is 18.3 Å². The molecule has 1 fully saturated rings. The number of piperidine rings is 1. The standard InChI is InChI=1S/C21H27N5O.ClH/c1-14-17(8-9-20(27)25-12-10-16(22-3)11-13-25)15(2)26-21(23-14)18-6-4-5-7-19(18)24-26;/h4-7,16,22H,8-13H2,1-3H3;1H. The summed E-state index contributed by atoms with van der Waals surface area (Å²) in [7, 11) is 2.00. The number of hydrogen-bond donors (Lipinski definition) is 1. The predicted molar refractivity (Wildman–Crippen MR) is 114 cm³/mol. The number of hydrogen-bond acceptors (Lipinski definition) is 4. The molecule has 0 saturated carbocycles. The van der Waals surface area contributed by atoms with Crippen LogP contribution in [0.4, 0.5) is 0 Å². The number of benzene rings is 1. The average molecular weight is 402 g/mol. The lowest BCUT2D eigenvalue weighted by Gasteiger charge is -2.32. The van der Waals surface area contributed by atoms with Gasteiger partial charge in [0.25, 0.3) is 0 Å². The number of aryl methyl sites for hydroxylation is 2. The van der Waals surface area contributed by atoms with E-state index in [4.69, 9.17) is 10.1 Å². The molecule has 1 aliphatic rings. The summed E-state index contributed by atoms with van der Waals surface area (Å²) in [6.07, 6.45) is 3.31. The first-order valence-corrected chi connectivity index (χ1v) is 9.77. The number of carbonyl (C=O) groups excluding carboxylic acids is 1.